The van der Waals surface area contributed by atoms with E-state index in [0.717, 1.165) is 13.1 Å². The highest BCUT2D eigenvalue weighted by molar-refractivity contribution is 6.20. The van der Waals surface area contributed by atoms with Crippen molar-refractivity contribution < 1.29 is 9.90 Å². The third-order valence-electron chi connectivity index (χ3n) is 2.85. The van der Waals surface area contributed by atoms with Gasteiger partial charge in [-0.3, -0.25) is 4.90 Å². The SMILES string of the molecule is CN1CCN(c2cccc(C(=O)O)n2)CC1Cl. The molecule has 1 N–H and O–H groups in total. The first-order valence-corrected chi connectivity index (χ1v) is 5.81. The van der Waals surface area contributed by atoms with Gasteiger partial charge in [0.15, 0.2) is 5.69 Å². The lowest BCUT2D eigenvalue weighted by Gasteiger charge is -2.36. The smallest absolute Gasteiger partial charge is 0.354 e. The molecule has 0 saturated carbocycles. The maximum atomic E-state index is 10.8. The lowest BCUT2D eigenvalue weighted by atomic mass is 10.3. The van der Waals surface area contributed by atoms with Crippen LogP contribution in [0.15, 0.2) is 18.2 Å². The zero-order valence-electron chi connectivity index (χ0n) is 9.51. The summed E-state index contributed by atoms with van der Waals surface area (Å²) in [4.78, 5) is 19.0. The Kier molecular flexibility index (Phi) is 3.49. The molecule has 0 amide bonds. The fourth-order valence-electron chi connectivity index (χ4n) is 1.76. The maximum Gasteiger partial charge on any atom is 0.354 e. The fourth-order valence-corrected chi connectivity index (χ4v) is 2.02. The molecular weight excluding hydrogens is 242 g/mol. The number of hydrogen-bond acceptors (Lipinski definition) is 4. The van der Waals surface area contributed by atoms with Crippen molar-refractivity contribution >= 4 is 23.4 Å². The number of carbonyl (C=O) groups is 1. The molecule has 0 radical (unpaired) electrons. The highest BCUT2D eigenvalue weighted by atomic mass is 35.5. The summed E-state index contributed by atoms with van der Waals surface area (Å²) in [7, 11) is 1.97. The normalized spacial score (nSPS) is 21.5. The molecule has 6 heteroatoms. The molecule has 0 aliphatic carbocycles. The predicted octanol–water partition coefficient (Wildman–Crippen LogP) is 1.10. The molecule has 1 aliphatic heterocycles. The Morgan fingerprint density at radius 3 is 2.94 bits per heavy atom. The summed E-state index contributed by atoms with van der Waals surface area (Å²) in [5.41, 5.74) is -0.00779. The Morgan fingerprint density at radius 1 is 1.53 bits per heavy atom. The molecule has 0 spiro atoms. The summed E-state index contributed by atoms with van der Waals surface area (Å²) in [5.74, 6) is -0.341. The van der Waals surface area contributed by atoms with E-state index in [1.165, 1.54) is 6.07 Å². The van der Waals surface area contributed by atoms with Gasteiger partial charge in [-0.05, 0) is 19.2 Å². The molecule has 17 heavy (non-hydrogen) atoms. The van der Waals surface area contributed by atoms with Gasteiger partial charge in [-0.1, -0.05) is 6.07 Å². The topological polar surface area (TPSA) is 56.7 Å². The van der Waals surface area contributed by atoms with Gasteiger partial charge in [-0.2, -0.15) is 0 Å². The minimum atomic E-state index is -1.01. The third kappa shape index (κ3) is 2.68. The van der Waals surface area contributed by atoms with E-state index in [2.05, 4.69) is 9.88 Å². The first-order chi connectivity index (χ1) is 8.08. The minimum absolute atomic E-state index is 0.0625. The largest absolute Gasteiger partial charge is 0.477 e. The highest BCUT2D eigenvalue weighted by Gasteiger charge is 2.23. The van der Waals surface area contributed by atoms with Gasteiger partial charge in [0.2, 0.25) is 0 Å². The minimum Gasteiger partial charge on any atom is -0.477 e. The Balaban J connectivity index is 2.17. The van der Waals surface area contributed by atoms with Crippen LogP contribution in [0.2, 0.25) is 0 Å². The summed E-state index contributed by atoms with van der Waals surface area (Å²) < 4.78 is 0. The van der Waals surface area contributed by atoms with Gasteiger partial charge in [-0.15, -0.1) is 11.6 Å². The highest BCUT2D eigenvalue weighted by Crippen LogP contribution is 2.18. The van der Waals surface area contributed by atoms with Gasteiger partial charge in [0, 0.05) is 19.6 Å². The predicted molar refractivity (Wildman–Crippen MR) is 65.7 cm³/mol. The first kappa shape index (κ1) is 12.1. The molecule has 0 aromatic carbocycles. The zero-order chi connectivity index (χ0) is 12.4. The quantitative estimate of drug-likeness (QED) is 0.634. The molecule has 1 aromatic rings. The van der Waals surface area contributed by atoms with Crippen LogP contribution in [-0.2, 0) is 0 Å². The van der Waals surface area contributed by atoms with Crippen molar-refractivity contribution in [3.8, 4) is 0 Å². The van der Waals surface area contributed by atoms with Crippen molar-refractivity contribution in [3.63, 3.8) is 0 Å². The molecule has 1 saturated heterocycles. The second kappa shape index (κ2) is 4.89. The van der Waals surface area contributed by atoms with Crippen molar-refractivity contribution in [2.45, 2.75) is 5.50 Å². The number of hydrogen-bond donors (Lipinski definition) is 1. The van der Waals surface area contributed by atoms with Gasteiger partial charge >= 0.3 is 5.97 Å². The fraction of sp³-hybridized carbons (Fsp3) is 0.455. The van der Waals surface area contributed by atoms with Crippen molar-refractivity contribution in [3.05, 3.63) is 23.9 Å². The first-order valence-electron chi connectivity index (χ1n) is 5.37. The van der Waals surface area contributed by atoms with Crippen LogP contribution in [0.5, 0.6) is 0 Å². The number of rotatable bonds is 2. The standard InChI is InChI=1S/C11H14ClN3O2/c1-14-5-6-15(7-9(14)12)10-4-2-3-8(13-10)11(16)17/h2-4,9H,5-7H2,1H3,(H,16,17). The number of carboxylic acid groups (broad SMARTS) is 1. The molecule has 5 nitrogen and oxygen atoms in total. The number of piperazine rings is 1. The van der Waals surface area contributed by atoms with Crippen molar-refractivity contribution in [1.82, 2.24) is 9.88 Å². The average Bonchev–Trinajstić information content (AvgIpc) is 2.33. The Bertz CT molecular complexity index is 427. The maximum absolute atomic E-state index is 10.8. The van der Waals surface area contributed by atoms with Crippen LogP contribution in [0, 0.1) is 0 Å². The van der Waals surface area contributed by atoms with Crippen LogP contribution in [0.4, 0.5) is 5.82 Å². The van der Waals surface area contributed by atoms with Crippen molar-refractivity contribution in [2.24, 2.45) is 0 Å². The third-order valence-corrected chi connectivity index (χ3v) is 3.32. The van der Waals surface area contributed by atoms with Crippen LogP contribution < -0.4 is 4.90 Å². The second-order valence-electron chi connectivity index (χ2n) is 4.05. The number of likely N-dealkylation sites (N-methyl/N-ethyl adjacent to an activating group) is 1. The molecular formula is C11H14ClN3O2. The number of anilines is 1. The van der Waals surface area contributed by atoms with E-state index in [1.807, 2.05) is 11.9 Å². The number of halogens is 1. The number of nitrogens with zero attached hydrogens (tertiary/aromatic N) is 3. The van der Waals surface area contributed by atoms with E-state index in [9.17, 15) is 4.79 Å². The summed E-state index contributed by atoms with van der Waals surface area (Å²) >= 11 is 6.15. The van der Waals surface area contributed by atoms with E-state index in [-0.39, 0.29) is 11.2 Å². The lowest BCUT2D eigenvalue weighted by molar-refractivity contribution is 0.0690. The van der Waals surface area contributed by atoms with Crippen LogP contribution in [0.3, 0.4) is 0 Å². The van der Waals surface area contributed by atoms with Gasteiger partial charge in [0.25, 0.3) is 0 Å². The summed E-state index contributed by atoms with van der Waals surface area (Å²) in [5, 5.41) is 8.89. The van der Waals surface area contributed by atoms with E-state index >= 15 is 0 Å². The van der Waals surface area contributed by atoms with E-state index < -0.39 is 5.97 Å². The van der Waals surface area contributed by atoms with Crippen LogP contribution in [0.25, 0.3) is 0 Å². The molecule has 1 unspecified atom stereocenters. The summed E-state index contributed by atoms with van der Waals surface area (Å²) in [6.45, 7) is 2.29. The lowest BCUT2D eigenvalue weighted by Crippen LogP contribution is -2.49. The molecule has 1 aromatic heterocycles. The number of pyridine rings is 1. The number of alkyl halides is 1. The molecule has 2 rings (SSSR count). The molecule has 92 valence electrons. The number of carboxylic acids is 1. The van der Waals surface area contributed by atoms with Crippen LogP contribution >= 0.6 is 11.6 Å². The molecule has 0 bridgehead atoms. The molecule has 1 atom stereocenters. The van der Waals surface area contributed by atoms with Gasteiger partial charge in [0.05, 0.1) is 0 Å². The summed E-state index contributed by atoms with van der Waals surface area (Å²) in [6, 6.07) is 4.99. The number of aromatic nitrogens is 1. The van der Waals surface area contributed by atoms with E-state index in [4.69, 9.17) is 16.7 Å². The van der Waals surface area contributed by atoms with E-state index in [0.29, 0.717) is 12.4 Å². The summed E-state index contributed by atoms with van der Waals surface area (Å²) in [6.07, 6.45) is 0. The van der Waals surface area contributed by atoms with Gasteiger partial charge < -0.3 is 10.0 Å². The van der Waals surface area contributed by atoms with Gasteiger partial charge in [-0.25, -0.2) is 9.78 Å². The van der Waals surface area contributed by atoms with Crippen LogP contribution in [-0.4, -0.2) is 53.1 Å². The van der Waals surface area contributed by atoms with Gasteiger partial charge in [0.1, 0.15) is 11.3 Å². The second-order valence-corrected chi connectivity index (χ2v) is 4.55. The zero-order valence-corrected chi connectivity index (χ0v) is 10.3. The monoisotopic (exact) mass is 255 g/mol. The molecule has 1 aliphatic rings. The molecule has 2 heterocycles. The van der Waals surface area contributed by atoms with Crippen molar-refractivity contribution in [2.75, 3.05) is 31.6 Å². The Morgan fingerprint density at radius 2 is 2.29 bits per heavy atom. The average molecular weight is 256 g/mol. The van der Waals surface area contributed by atoms with Crippen LogP contribution in [0.1, 0.15) is 10.5 Å². The van der Waals surface area contributed by atoms with E-state index in [1.54, 1.807) is 12.1 Å². The van der Waals surface area contributed by atoms with Crippen molar-refractivity contribution in [1.29, 1.82) is 0 Å². The number of aromatic carboxylic acids is 1. The Hall–Kier alpha value is -1.33. The molecule has 1 fully saturated rings. The Labute approximate surface area is 105 Å².